The molecule has 1 heterocycles. The van der Waals surface area contributed by atoms with Gasteiger partial charge >= 0.3 is 8.97 Å². The van der Waals surface area contributed by atoms with Crippen LogP contribution in [0.2, 0.25) is 0 Å². The summed E-state index contributed by atoms with van der Waals surface area (Å²) in [6, 6.07) is 0. The molecule has 0 atom stereocenters. The fourth-order valence-electron chi connectivity index (χ4n) is 2.24. The van der Waals surface area contributed by atoms with Crippen LogP contribution in [-0.2, 0) is 8.85 Å². The molecule has 0 amide bonds. The summed E-state index contributed by atoms with van der Waals surface area (Å²) < 4.78 is 12.4. The third-order valence-corrected chi connectivity index (χ3v) is 5.77. The van der Waals surface area contributed by atoms with E-state index in [1.807, 2.05) is 4.57 Å². The van der Waals surface area contributed by atoms with Gasteiger partial charge in [0, 0.05) is 40.4 Å². The monoisotopic (exact) mass is 306 g/mol. The molecule has 0 unspecified atom stereocenters. The molecular formula is C12H30N4O3Si. The van der Waals surface area contributed by atoms with E-state index in [0.717, 1.165) is 65.2 Å². The molecule has 120 valence electrons. The van der Waals surface area contributed by atoms with Crippen LogP contribution in [0.3, 0.4) is 0 Å². The molecule has 4 N–H and O–H groups in total. The van der Waals surface area contributed by atoms with Crippen LogP contribution in [0.5, 0.6) is 0 Å². The molecule has 1 aliphatic rings. The van der Waals surface area contributed by atoms with Gasteiger partial charge in [0.05, 0.1) is 0 Å². The van der Waals surface area contributed by atoms with Gasteiger partial charge < -0.3 is 29.6 Å². The highest BCUT2D eigenvalue weighted by molar-refractivity contribution is 6.56. The first-order valence-corrected chi connectivity index (χ1v) is 9.14. The van der Waals surface area contributed by atoms with Gasteiger partial charge in [0.15, 0.2) is 0 Å². The molecular weight excluding hydrogens is 276 g/mol. The maximum absolute atomic E-state index is 10.4. The molecule has 1 rings (SSSR count). The Morgan fingerprint density at radius 2 is 1.35 bits per heavy atom. The number of rotatable bonds is 3. The molecule has 1 saturated heterocycles. The van der Waals surface area contributed by atoms with E-state index in [-0.39, 0.29) is 0 Å². The van der Waals surface area contributed by atoms with Crippen LogP contribution in [0.15, 0.2) is 0 Å². The first-order valence-electron chi connectivity index (χ1n) is 7.43. The van der Waals surface area contributed by atoms with Gasteiger partial charge in [-0.2, -0.15) is 0 Å². The van der Waals surface area contributed by atoms with Gasteiger partial charge in [0.25, 0.3) is 0 Å². The maximum Gasteiger partial charge on any atom is 0.596 e. The summed E-state index contributed by atoms with van der Waals surface area (Å²) in [5, 5.41) is 10.2. The minimum Gasteiger partial charge on any atom is -0.377 e. The number of nitrogens with zero attached hydrogens (tertiary/aromatic N) is 1. The van der Waals surface area contributed by atoms with Crippen LogP contribution >= 0.6 is 0 Å². The molecule has 20 heavy (non-hydrogen) atoms. The van der Waals surface area contributed by atoms with Crippen LogP contribution in [0, 0.1) is 0 Å². The Labute approximate surface area is 123 Å². The lowest BCUT2D eigenvalue weighted by atomic mass is 10.3. The summed E-state index contributed by atoms with van der Waals surface area (Å²) >= 11 is 0. The largest absolute Gasteiger partial charge is 0.596 e. The molecule has 0 aromatic rings. The molecule has 0 aromatic heterocycles. The highest BCUT2D eigenvalue weighted by Gasteiger charge is 2.42. The van der Waals surface area contributed by atoms with Crippen LogP contribution in [0.4, 0.5) is 0 Å². The highest BCUT2D eigenvalue weighted by atomic mass is 28.4. The van der Waals surface area contributed by atoms with Crippen molar-refractivity contribution in [1.29, 1.82) is 0 Å². The summed E-state index contributed by atoms with van der Waals surface area (Å²) in [4.78, 5) is 10.4. The zero-order chi connectivity index (χ0) is 14.7. The van der Waals surface area contributed by atoms with Gasteiger partial charge in [0.1, 0.15) is 0 Å². The quantitative estimate of drug-likeness (QED) is 0.476. The third kappa shape index (κ3) is 6.59. The van der Waals surface area contributed by atoms with Gasteiger partial charge in [-0.05, 0) is 39.0 Å². The van der Waals surface area contributed by atoms with Gasteiger partial charge in [-0.1, -0.05) is 0 Å². The molecule has 0 saturated carbocycles. The van der Waals surface area contributed by atoms with Gasteiger partial charge in [-0.25, -0.2) is 0 Å². The second-order valence-corrected chi connectivity index (χ2v) is 7.45. The Bertz CT molecular complexity index is 231. The van der Waals surface area contributed by atoms with Crippen LogP contribution < -0.4 is 16.0 Å². The molecule has 1 aliphatic heterocycles. The van der Waals surface area contributed by atoms with Crippen molar-refractivity contribution in [2.24, 2.45) is 0 Å². The summed E-state index contributed by atoms with van der Waals surface area (Å²) in [5.74, 6) is 0. The topological polar surface area (TPSA) is 78.0 Å². The lowest BCUT2D eigenvalue weighted by Crippen LogP contribution is -2.60. The van der Waals surface area contributed by atoms with Crippen molar-refractivity contribution in [1.82, 2.24) is 20.5 Å². The Balaban J connectivity index is 2.47. The third-order valence-electron chi connectivity index (χ3n) is 3.46. The lowest BCUT2D eigenvalue weighted by Gasteiger charge is -2.32. The molecule has 8 heteroatoms. The maximum atomic E-state index is 10.4. The Morgan fingerprint density at radius 1 is 0.800 bits per heavy atom. The van der Waals surface area contributed by atoms with Crippen molar-refractivity contribution in [2.45, 2.75) is 12.8 Å². The van der Waals surface area contributed by atoms with Crippen LogP contribution in [0.25, 0.3) is 0 Å². The summed E-state index contributed by atoms with van der Waals surface area (Å²) in [6.45, 7) is 7.26. The summed E-state index contributed by atoms with van der Waals surface area (Å²) in [7, 11) is -0.164. The van der Waals surface area contributed by atoms with E-state index in [0.29, 0.717) is 0 Å². The Morgan fingerprint density at radius 3 is 1.95 bits per heavy atom. The van der Waals surface area contributed by atoms with Crippen molar-refractivity contribution in [2.75, 3.05) is 66.6 Å². The van der Waals surface area contributed by atoms with Crippen molar-refractivity contribution >= 4 is 8.97 Å². The van der Waals surface area contributed by atoms with E-state index in [2.05, 4.69) is 16.0 Å². The van der Waals surface area contributed by atoms with Crippen molar-refractivity contribution in [3.63, 3.8) is 0 Å². The fraction of sp³-hybridized carbons (Fsp3) is 1.00. The number of nitrogens with one attached hydrogen (secondary N) is 3. The van der Waals surface area contributed by atoms with Crippen LogP contribution in [-0.4, -0.2) is 84.9 Å². The van der Waals surface area contributed by atoms with E-state index < -0.39 is 8.97 Å². The van der Waals surface area contributed by atoms with E-state index in [4.69, 9.17) is 8.85 Å². The first-order chi connectivity index (χ1) is 9.73. The molecule has 7 nitrogen and oxygen atoms in total. The minimum absolute atomic E-state index is 0.734. The molecule has 0 bridgehead atoms. The molecule has 0 radical (unpaired) electrons. The van der Waals surface area contributed by atoms with E-state index in [1.54, 1.807) is 0 Å². The average Bonchev–Trinajstić information content (AvgIpc) is 2.48. The zero-order valence-electron chi connectivity index (χ0n) is 12.8. The standard InChI is InChI=1S/C12H30N4O3Si/c1-18-20(17,19-2)16-11-4-7-14-9-8-13-5-3-6-15-10-12-16/h13-15,17H,3-12H2,1-2H3. The molecule has 0 spiro atoms. The van der Waals surface area contributed by atoms with E-state index in [9.17, 15) is 4.80 Å². The van der Waals surface area contributed by atoms with Crippen molar-refractivity contribution in [3.05, 3.63) is 0 Å². The normalized spacial score (nSPS) is 22.4. The first kappa shape index (κ1) is 18.0. The van der Waals surface area contributed by atoms with Gasteiger partial charge in [-0.15, -0.1) is 0 Å². The Hall–Kier alpha value is -0.0631. The smallest absolute Gasteiger partial charge is 0.377 e. The lowest BCUT2D eigenvalue weighted by molar-refractivity contribution is 0.0783. The molecule has 0 aliphatic carbocycles. The van der Waals surface area contributed by atoms with Crippen molar-refractivity contribution in [3.8, 4) is 0 Å². The summed E-state index contributed by atoms with van der Waals surface area (Å²) in [5.41, 5.74) is 0. The Kier molecular flexibility index (Phi) is 9.56. The van der Waals surface area contributed by atoms with Gasteiger partial charge in [-0.3, -0.25) is 4.57 Å². The van der Waals surface area contributed by atoms with Crippen LogP contribution in [0.1, 0.15) is 12.8 Å². The molecule has 0 aromatic carbocycles. The second-order valence-electron chi connectivity index (χ2n) is 4.90. The SMILES string of the molecule is CO[Si](O)(OC)N1CCCNCCNCCCNCC1. The van der Waals surface area contributed by atoms with E-state index >= 15 is 0 Å². The number of hydrogen-bond acceptors (Lipinski definition) is 7. The minimum atomic E-state index is -3.19. The second kappa shape index (κ2) is 10.6. The van der Waals surface area contributed by atoms with E-state index in [1.165, 1.54) is 14.2 Å². The van der Waals surface area contributed by atoms with Gasteiger partial charge in [0.2, 0.25) is 0 Å². The molecule has 1 fully saturated rings. The predicted molar refractivity (Wildman–Crippen MR) is 81.4 cm³/mol. The fourth-order valence-corrected chi connectivity index (χ4v) is 3.75. The number of hydrogen-bond donors (Lipinski definition) is 4. The zero-order valence-corrected chi connectivity index (χ0v) is 13.8. The van der Waals surface area contributed by atoms with Crippen molar-refractivity contribution < 1.29 is 13.6 Å². The average molecular weight is 306 g/mol. The predicted octanol–water partition coefficient (Wildman–Crippen LogP) is -1.43. The highest BCUT2D eigenvalue weighted by Crippen LogP contribution is 2.08. The summed E-state index contributed by atoms with van der Waals surface area (Å²) in [6.07, 6.45) is 2.07.